The van der Waals surface area contributed by atoms with Gasteiger partial charge in [-0.1, -0.05) is 26.0 Å². The maximum atomic E-state index is 5.91. The molecule has 16 heavy (non-hydrogen) atoms. The highest BCUT2D eigenvalue weighted by Crippen LogP contribution is 2.25. The average molecular weight is 237 g/mol. The SMILES string of the molecule is CC(C)(CN)c1ccc(O[Si](C)(C)C)cc1. The monoisotopic (exact) mass is 237 g/mol. The van der Waals surface area contributed by atoms with Crippen molar-refractivity contribution >= 4 is 8.32 Å². The van der Waals surface area contributed by atoms with Gasteiger partial charge >= 0.3 is 0 Å². The summed E-state index contributed by atoms with van der Waals surface area (Å²) in [5.41, 5.74) is 7.06. The first kappa shape index (κ1) is 13.3. The van der Waals surface area contributed by atoms with Crippen LogP contribution in [0.3, 0.4) is 0 Å². The summed E-state index contributed by atoms with van der Waals surface area (Å²) in [6.07, 6.45) is 0. The lowest BCUT2D eigenvalue weighted by Crippen LogP contribution is -2.30. The smallest absolute Gasteiger partial charge is 0.242 e. The van der Waals surface area contributed by atoms with Crippen LogP contribution in [0.5, 0.6) is 5.75 Å². The Hall–Kier alpha value is -0.803. The molecule has 1 aromatic rings. The van der Waals surface area contributed by atoms with Crippen molar-refractivity contribution in [2.75, 3.05) is 6.54 Å². The van der Waals surface area contributed by atoms with Crippen LogP contribution in [0.25, 0.3) is 0 Å². The Balaban J connectivity index is 2.84. The Morgan fingerprint density at radius 3 is 2.00 bits per heavy atom. The molecule has 0 spiro atoms. The van der Waals surface area contributed by atoms with Gasteiger partial charge in [0.15, 0.2) is 0 Å². The van der Waals surface area contributed by atoms with Crippen LogP contribution >= 0.6 is 0 Å². The molecule has 0 aliphatic carbocycles. The van der Waals surface area contributed by atoms with E-state index in [9.17, 15) is 0 Å². The first-order valence-corrected chi connectivity index (χ1v) is 9.15. The molecule has 1 aromatic carbocycles. The summed E-state index contributed by atoms with van der Waals surface area (Å²) in [5, 5.41) is 0. The van der Waals surface area contributed by atoms with Crippen LogP contribution < -0.4 is 10.2 Å². The molecular weight excluding hydrogens is 214 g/mol. The minimum absolute atomic E-state index is 0.0394. The average Bonchev–Trinajstić information content (AvgIpc) is 2.16. The molecule has 90 valence electrons. The number of benzene rings is 1. The quantitative estimate of drug-likeness (QED) is 0.817. The van der Waals surface area contributed by atoms with E-state index in [0.29, 0.717) is 6.54 Å². The molecule has 2 nitrogen and oxygen atoms in total. The van der Waals surface area contributed by atoms with Crippen molar-refractivity contribution in [1.82, 2.24) is 0 Å². The van der Waals surface area contributed by atoms with E-state index in [4.69, 9.17) is 10.2 Å². The van der Waals surface area contributed by atoms with Crippen molar-refractivity contribution in [2.24, 2.45) is 5.73 Å². The summed E-state index contributed by atoms with van der Waals surface area (Å²) < 4.78 is 5.91. The number of hydrogen-bond donors (Lipinski definition) is 1. The lowest BCUT2D eigenvalue weighted by molar-refractivity contribution is 0.533. The second-order valence-electron chi connectivity index (χ2n) is 5.83. The largest absolute Gasteiger partial charge is 0.544 e. The van der Waals surface area contributed by atoms with E-state index >= 15 is 0 Å². The molecule has 1 rings (SSSR count). The van der Waals surface area contributed by atoms with Crippen molar-refractivity contribution in [3.63, 3.8) is 0 Å². The minimum atomic E-state index is -1.49. The van der Waals surface area contributed by atoms with E-state index in [2.05, 4.69) is 45.6 Å². The summed E-state index contributed by atoms with van der Waals surface area (Å²) in [7, 11) is -1.49. The zero-order valence-corrected chi connectivity index (χ0v) is 12.0. The molecule has 0 atom stereocenters. The first-order chi connectivity index (χ1) is 7.24. The zero-order chi connectivity index (χ0) is 12.4. The molecule has 0 fully saturated rings. The van der Waals surface area contributed by atoms with Gasteiger partial charge in [-0.3, -0.25) is 0 Å². The van der Waals surface area contributed by atoms with Crippen molar-refractivity contribution in [3.05, 3.63) is 29.8 Å². The van der Waals surface area contributed by atoms with Crippen LogP contribution in [0.15, 0.2) is 24.3 Å². The van der Waals surface area contributed by atoms with Gasteiger partial charge in [-0.2, -0.15) is 0 Å². The summed E-state index contributed by atoms with van der Waals surface area (Å²) >= 11 is 0. The Morgan fingerprint density at radius 2 is 1.62 bits per heavy atom. The fraction of sp³-hybridized carbons (Fsp3) is 0.538. The van der Waals surface area contributed by atoms with Gasteiger partial charge in [-0.25, -0.2) is 0 Å². The van der Waals surface area contributed by atoms with Gasteiger partial charge in [-0.15, -0.1) is 0 Å². The van der Waals surface area contributed by atoms with E-state index in [-0.39, 0.29) is 5.41 Å². The lowest BCUT2D eigenvalue weighted by Gasteiger charge is -2.24. The van der Waals surface area contributed by atoms with Gasteiger partial charge in [0.25, 0.3) is 0 Å². The normalized spacial score (nSPS) is 12.6. The van der Waals surface area contributed by atoms with Crippen LogP contribution in [-0.2, 0) is 5.41 Å². The fourth-order valence-corrected chi connectivity index (χ4v) is 2.29. The van der Waals surface area contributed by atoms with Crippen LogP contribution in [0.4, 0.5) is 0 Å². The second-order valence-corrected chi connectivity index (χ2v) is 10.3. The van der Waals surface area contributed by atoms with E-state index in [1.54, 1.807) is 0 Å². The van der Waals surface area contributed by atoms with Gasteiger partial charge in [0.1, 0.15) is 5.75 Å². The predicted octanol–water partition coefficient (Wildman–Crippen LogP) is 3.14. The Morgan fingerprint density at radius 1 is 1.12 bits per heavy atom. The van der Waals surface area contributed by atoms with Crippen LogP contribution in [0.1, 0.15) is 19.4 Å². The summed E-state index contributed by atoms with van der Waals surface area (Å²) in [6, 6.07) is 8.32. The molecule has 2 N–H and O–H groups in total. The Labute approximate surface area is 99.9 Å². The fourth-order valence-electron chi connectivity index (χ4n) is 1.45. The standard InChI is InChI=1S/C13H23NOSi/c1-13(2,10-14)11-6-8-12(9-7-11)15-16(3,4)5/h6-9H,10,14H2,1-5H3. The van der Waals surface area contributed by atoms with Crippen LogP contribution in [0, 0.1) is 0 Å². The maximum absolute atomic E-state index is 5.91. The molecule has 0 aromatic heterocycles. The number of hydrogen-bond acceptors (Lipinski definition) is 2. The molecule has 0 saturated heterocycles. The van der Waals surface area contributed by atoms with Gasteiger partial charge in [-0.05, 0) is 37.3 Å². The molecular formula is C13H23NOSi. The molecule has 3 heteroatoms. The Kier molecular flexibility index (Phi) is 3.81. The molecule has 0 bridgehead atoms. The predicted molar refractivity (Wildman–Crippen MR) is 72.5 cm³/mol. The van der Waals surface area contributed by atoms with Gasteiger partial charge < -0.3 is 10.2 Å². The highest BCUT2D eigenvalue weighted by Gasteiger charge is 2.19. The third-order valence-corrected chi connectivity index (χ3v) is 3.42. The second kappa shape index (κ2) is 4.59. The van der Waals surface area contributed by atoms with Gasteiger partial charge in [0, 0.05) is 12.0 Å². The van der Waals surface area contributed by atoms with Crippen molar-refractivity contribution in [2.45, 2.75) is 38.9 Å². The zero-order valence-electron chi connectivity index (χ0n) is 11.0. The van der Waals surface area contributed by atoms with Gasteiger partial charge in [0.2, 0.25) is 8.32 Å². The highest BCUT2D eigenvalue weighted by atomic mass is 28.4. The number of nitrogens with two attached hydrogens (primary N) is 1. The van der Waals surface area contributed by atoms with Crippen LogP contribution in [-0.4, -0.2) is 14.9 Å². The van der Waals surface area contributed by atoms with E-state index in [0.717, 1.165) is 5.75 Å². The lowest BCUT2D eigenvalue weighted by atomic mass is 9.85. The third-order valence-electron chi connectivity index (χ3n) is 2.57. The van der Waals surface area contributed by atoms with Crippen molar-refractivity contribution in [3.8, 4) is 5.75 Å². The van der Waals surface area contributed by atoms with Crippen molar-refractivity contribution in [1.29, 1.82) is 0 Å². The summed E-state index contributed by atoms with van der Waals surface area (Å²) in [4.78, 5) is 0. The molecule has 0 saturated carbocycles. The molecule has 0 radical (unpaired) electrons. The molecule has 0 unspecified atom stereocenters. The van der Waals surface area contributed by atoms with Crippen molar-refractivity contribution < 1.29 is 4.43 Å². The number of rotatable bonds is 4. The third kappa shape index (κ3) is 3.65. The maximum Gasteiger partial charge on any atom is 0.242 e. The summed E-state index contributed by atoms with van der Waals surface area (Å²) in [5.74, 6) is 0.968. The molecule has 0 aliphatic rings. The Bertz CT molecular complexity index is 338. The van der Waals surface area contributed by atoms with Crippen LogP contribution in [0.2, 0.25) is 19.6 Å². The highest BCUT2D eigenvalue weighted by molar-refractivity contribution is 6.70. The molecule has 0 heterocycles. The van der Waals surface area contributed by atoms with E-state index < -0.39 is 8.32 Å². The topological polar surface area (TPSA) is 35.2 Å². The van der Waals surface area contributed by atoms with E-state index in [1.165, 1.54) is 5.56 Å². The van der Waals surface area contributed by atoms with E-state index in [1.807, 2.05) is 12.1 Å². The first-order valence-electron chi connectivity index (χ1n) is 5.74. The summed E-state index contributed by atoms with van der Waals surface area (Å²) in [6.45, 7) is 11.5. The van der Waals surface area contributed by atoms with Gasteiger partial charge in [0.05, 0.1) is 0 Å². The molecule has 0 aliphatic heterocycles. The minimum Gasteiger partial charge on any atom is -0.544 e. The molecule has 0 amide bonds.